The van der Waals surface area contributed by atoms with E-state index in [9.17, 15) is 9.59 Å². The van der Waals surface area contributed by atoms with Gasteiger partial charge in [0.15, 0.2) is 0 Å². The van der Waals surface area contributed by atoms with E-state index in [0.717, 1.165) is 12.8 Å². The molecule has 1 saturated carbocycles. The van der Waals surface area contributed by atoms with Crippen molar-refractivity contribution in [2.45, 2.75) is 52.6 Å². The van der Waals surface area contributed by atoms with Crippen molar-refractivity contribution >= 4 is 17.6 Å². The molecule has 6 nitrogen and oxygen atoms in total. The van der Waals surface area contributed by atoms with Gasteiger partial charge >= 0.3 is 11.8 Å². The summed E-state index contributed by atoms with van der Waals surface area (Å²) in [4.78, 5) is 25.9. The highest BCUT2D eigenvalue weighted by atomic mass is 16.2. The molecule has 1 fully saturated rings. The minimum atomic E-state index is -0.615. The second-order valence-corrected chi connectivity index (χ2v) is 6.45. The summed E-state index contributed by atoms with van der Waals surface area (Å²) in [5.41, 5.74) is 0.157. The lowest BCUT2D eigenvalue weighted by molar-refractivity contribution is -0.144. The van der Waals surface area contributed by atoms with Gasteiger partial charge < -0.3 is 10.2 Å². The third kappa shape index (κ3) is 3.09. The van der Waals surface area contributed by atoms with Crippen LogP contribution in [0.2, 0.25) is 0 Å². The molecule has 0 aromatic carbocycles. The number of nitrogens with zero attached hydrogens (tertiary/aromatic N) is 3. The molecule has 1 heterocycles. The van der Waals surface area contributed by atoms with Crippen molar-refractivity contribution in [1.82, 2.24) is 14.7 Å². The number of anilines is 1. The number of carbonyl (C=O) groups is 2. The van der Waals surface area contributed by atoms with Gasteiger partial charge in [-0.2, -0.15) is 5.10 Å². The van der Waals surface area contributed by atoms with E-state index < -0.39 is 11.8 Å². The van der Waals surface area contributed by atoms with Gasteiger partial charge in [-0.15, -0.1) is 0 Å². The fourth-order valence-corrected chi connectivity index (χ4v) is 2.41. The Morgan fingerprint density at radius 3 is 2.52 bits per heavy atom. The molecule has 1 N–H and O–H groups in total. The molecule has 0 saturated heterocycles. The predicted octanol–water partition coefficient (Wildman–Crippen LogP) is 2.05. The van der Waals surface area contributed by atoms with Crippen LogP contribution in [0.5, 0.6) is 0 Å². The molecule has 1 unspecified atom stereocenters. The van der Waals surface area contributed by atoms with Gasteiger partial charge in [0.25, 0.3) is 0 Å². The third-order valence-electron chi connectivity index (χ3n) is 4.54. The fourth-order valence-electron chi connectivity index (χ4n) is 2.41. The summed E-state index contributed by atoms with van der Waals surface area (Å²) in [5, 5.41) is 6.78. The van der Waals surface area contributed by atoms with Crippen molar-refractivity contribution in [3.05, 3.63) is 12.3 Å². The largest absolute Gasteiger partial charge is 0.334 e. The van der Waals surface area contributed by atoms with Crippen LogP contribution in [-0.4, -0.2) is 39.6 Å². The summed E-state index contributed by atoms with van der Waals surface area (Å²) in [6.45, 7) is 8.07. The average Bonchev–Trinajstić information content (AvgIpc) is 3.01. The summed E-state index contributed by atoms with van der Waals surface area (Å²) in [6, 6.07) is 1.87. The molecule has 2 rings (SSSR count). The molecule has 1 atom stereocenters. The van der Waals surface area contributed by atoms with Crippen LogP contribution >= 0.6 is 0 Å². The zero-order valence-electron chi connectivity index (χ0n) is 13.4. The third-order valence-corrected chi connectivity index (χ3v) is 4.54. The summed E-state index contributed by atoms with van der Waals surface area (Å²) in [7, 11) is 1.69. The van der Waals surface area contributed by atoms with E-state index in [2.05, 4.69) is 17.3 Å². The molecule has 0 bridgehead atoms. The van der Waals surface area contributed by atoms with Crippen molar-refractivity contribution in [3.63, 3.8) is 0 Å². The first-order valence-electron chi connectivity index (χ1n) is 7.38. The molecule has 1 aromatic rings. The monoisotopic (exact) mass is 292 g/mol. The minimum absolute atomic E-state index is 0.0609. The number of amides is 2. The van der Waals surface area contributed by atoms with Crippen LogP contribution in [-0.2, 0) is 9.59 Å². The Bertz CT molecular complexity index is 546. The lowest BCUT2D eigenvalue weighted by atomic mass is 9.99. The van der Waals surface area contributed by atoms with Crippen LogP contribution < -0.4 is 5.32 Å². The number of likely N-dealkylation sites (N-methyl/N-ethyl adjacent to an activating group) is 1. The van der Waals surface area contributed by atoms with Crippen molar-refractivity contribution in [2.75, 3.05) is 12.4 Å². The smallest absolute Gasteiger partial charge is 0.315 e. The van der Waals surface area contributed by atoms with E-state index >= 15 is 0 Å². The molecule has 2 amide bonds. The first kappa shape index (κ1) is 15.5. The lowest BCUT2D eigenvalue weighted by Gasteiger charge is -2.29. The van der Waals surface area contributed by atoms with Crippen molar-refractivity contribution in [2.24, 2.45) is 5.41 Å². The molecular formula is C15H24N4O2. The van der Waals surface area contributed by atoms with Gasteiger partial charge in [0.1, 0.15) is 5.82 Å². The van der Waals surface area contributed by atoms with E-state index in [-0.39, 0.29) is 17.5 Å². The summed E-state index contributed by atoms with van der Waals surface area (Å²) in [6.07, 6.45) is 3.82. The highest BCUT2D eigenvalue weighted by Crippen LogP contribution is 2.49. The summed E-state index contributed by atoms with van der Waals surface area (Å²) >= 11 is 0. The Labute approximate surface area is 125 Å². The minimum Gasteiger partial charge on any atom is -0.334 e. The van der Waals surface area contributed by atoms with Crippen LogP contribution in [0.15, 0.2) is 12.3 Å². The number of aromatic nitrogens is 2. The molecule has 116 valence electrons. The lowest BCUT2D eigenvalue weighted by Crippen LogP contribution is -2.45. The van der Waals surface area contributed by atoms with E-state index in [1.807, 2.05) is 20.8 Å². The number of rotatable bonds is 4. The summed E-state index contributed by atoms with van der Waals surface area (Å²) in [5.74, 6) is -0.579. The SMILES string of the molecule is CC(C)n1nccc1NC(=O)C(=O)N(C)C(C)C1(C)CC1. The van der Waals surface area contributed by atoms with Crippen molar-refractivity contribution in [3.8, 4) is 0 Å². The second-order valence-electron chi connectivity index (χ2n) is 6.45. The van der Waals surface area contributed by atoms with Gasteiger partial charge in [-0.3, -0.25) is 9.59 Å². The maximum absolute atomic E-state index is 12.3. The first-order chi connectivity index (χ1) is 9.76. The molecule has 1 aliphatic carbocycles. The molecular weight excluding hydrogens is 268 g/mol. The van der Waals surface area contributed by atoms with Gasteiger partial charge in [0, 0.05) is 25.2 Å². The van der Waals surface area contributed by atoms with Crippen LogP contribution in [0, 0.1) is 5.41 Å². The molecule has 0 spiro atoms. The van der Waals surface area contributed by atoms with Crippen molar-refractivity contribution < 1.29 is 9.59 Å². The second kappa shape index (κ2) is 5.50. The Morgan fingerprint density at radius 1 is 1.38 bits per heavy atom. The van der Waals surface area contributed by atoms with E-state index in [0.29, 0.717) is 5.82 Å². The maximum Gasteiger partial charge on any atom is 0.315 e. The zero-order valence-corrected chi connectivity index (χ0v) is 13.4. The first-order valence-corrected chi connectivity index (χ1v) is 7.38. The fraction of sp³-hybridized carbons (Fsp3) is 0.667. The Balaban J connectivity index is 2.02. The van der Waals surface area contributed by atoms with Crippen molar-refractivity contribution in [1.29, 1.82) is 0 Å². The Kier molecular flexibility index (Phi) is 4.07. The summed E-state index contributed by atoms with van der Waals surface area (Å²) < 4.78 is 1.68. The average molecular weight is 292 g/mol. The van der Waals surface area contributed by atoms with Crippen LogP contribution in [0.4, 0.5) is 5.82 Å². The van der Waals surface area contributed by atoms with Crippen LogP contribution in [0.25, 0.3) is 0 Å². The molecule has 0 aliphatic heterocycles. The zero-order chi connectivity index (χ0) is 15.8. The number of nitrogens with one attached hydrogen (secondary N) is 1. The van der Waals surface area contributed by atoms with Gasteiger partial charge in [0.2, 0.25) is 0 Å². The number of hydrogen-bond donors (Lipinski definition) is 1. The topological polar surface area (TPSA) is 67.2 Å². The van der Waals surface area contributed by atoms with E-state index in [1.165, 1.54) is 0 Å². The highest BCUT2D eigenvalue weighted by molar-refractivity contribution is 6.39. The highest BCUT2D eigenvalue weighted by Gasteiger charge is 2.45. The molecule has 0 radical (unpaired) electrons. The van der Waals surface area contributed by atoms with Gasteiger partial charge in [-0.05, 0) is 39.0 Å². The molecule has 6 heteroatoms. The standard InChI is InChI=1S/C15H24N4O2/c1-10(2)19-12(6-9-16-19)17-13(20)14(21)18(5)11(3)15(4)7-8-15/h6,9-11H,7-8H2,1-5H3,(H,17,20). The van der Waals surface area contributed by atoms with Gasteiger partial charge in [0.05, 0.1) is 6.20 Å². The normalized spacial score (nSPS) is 17.4. The quantitative estimate of drug-likeness (QED) is 0.864. The van der Waals surface area contributed by atoms with Crippen LogP contribution in [0.1, 0.15) is 46.6 Å². The van der Waals surface area contributed by atoms with Gasteiger partial charge in [-0.25, -0.2) is 4.68 Å². The van der Waals surface area contributed by atoms with Gasteiger partial charge in [-0.1, -0.05) is 6.92 Å². The van der Waals surface area contributed by atoms with E-state index in [1.54, 1.807) is 28.9 Å². The maximum atomic E-state index is 12.3. The van der Waals surface area contributed by atoms with E-state index in [4.69, 9.17) is 0 Å². The Hall–Kier alpha value is -1.85. The van der Waals surface area contributed by atoms with Crippen LogP contribution in [0.3, 0.4) is 0 Å². The molecule has 21 heavy (non-hydrogen) atoms. The Morgan fingerprint density at radius 2 is 2.00 bits per heavy atom. The molecule has 1 aromatic heterocycles. The predicted molar refractivity (Wildman–Crippen MR) is 80.8 cm³/mol. The molecule has 1 aliphatic rings. The number of hydrogen-bond acceptors (Lipinski definition) is 3. The number of carbonyl (C=O) groups excluding carboxylic acids is 2.